The van der Waals surface area contributed by atoms with Crippen LogP contribution in [-0.2, 0) is 4.79 Å². The molecule has 0 fully saturated rings. The lowest BCUT2D eigenvalue weighted by Gasteiger charge is -2.13. The number of carbonyl (C=O) groups is 1. The molecule has 1 unspecified atom stereocenters. The maximum Gasteiger partial charge on any atom is 0.318 e. The average molecular weight is 368 g/mol. The largest absolute Gasteiger partial charge is 0.480 e. The number of hydrogen-bond donors (Lipinski definition) is 2. The molecule has 136 valence electrons. The van der Waals surface area contributed by atoms with Crippen LogP contribution in [0.3, 0.4) is 0 Å². The zero-order valence-corrected chi connectivity index (χ0v) is 13.6. The number of nitrogens with zero attached hydrogens (tertiary/aromatic N) is 3. The van der Waals surface area contributed by atoms with Crippen LogP contribution in [0.1, 0.15) is 17.3 Å². The lowest BCUT2D eigenvalue weighted by Crippen LogP contribution is -2.17. The molecule has 2 N–H and O–H groups in total. The number of carboxylic acids is 1. The molecule has 0 amide bonds. The number of aliphatic carboxylic acids is 1. The Balaban J connectivity index is 2.38. The minimum atomic E-state index is -1.48. The average Bonchev–Trinajstić information content (AvgIpc) is 3.15. The Morgan fingerprint density at radius 3 is 2.30 bits per heavy atom. The Labute approximate surface area is 151 Å². The SMILES string of the molecule is O=C(O)C(c1ccc[nH]1)c1ncc([N+](=O)[O-])c(-c2ccccc2)c1[N+](=O)[O-]. The van der Waals surface area contributed by atoms with Gasteiger partial charge in [-0.05, 0) is 17.7 Å². The van der Waals surface area contributed by atoms with Crippen molar-refractivity contribution in [1.82, 2.24) is 9.97 Å². The van der Waals surface area contributed by atoms with Crippen molar-refractivity contribution < 1.29 is 19.7 Å². The van der Waals surface area contributed by atoms with Crippen molar-refractivity contribution in [1.29, 1.82) is 0 Å². The first kappa shape index (κ1) is 17.7. The van der Waals surface area contributed by atoms with Crippen LogP contribution in [0.4, 0.5) is 11.4 Å². The van der Waals surface area contributed by atoms with Crippen LogP contribution in [-0.4, -0.2) is 30.9 Å². The Morgan fingerprint density at radius 2 is 1.78 bits per heavy atom. The third-order valence-electron chi connectivity index (χ3n) is 3.96. The summed E-state index contributed by atoms with van der Waals surface area (Å²) in [4.78, 5) is 40.0. The standard InChI is InChI=1S/C17H12N4O6/c22-17(23)14(11-7-4-8-18-11)15-16(21(26)27)13(10-5-2-1-3-6-10)12(9-19-15)20(24)25/h1-9,14,18H,(H,22,23). The van der Waals surface area contributed by atoms with E-state index >= 15 is 0 Å². The highest BCUT2D eigenvalue weighted by Crippen LogP contribution is 2.42. The molecule has 10 nitrogen and oxygen atoms in total. The zero-order chi connectivity index (χ0) is 19.6. The van der Waals surface area contributed by atoms with Crippen molar-refractivity contribution >= 4 is 17.3 Å². The van der Waals surface area contributed by atoms with Gasteiger partial charge in [-0.2, -0.15) is 0 Å². The van der Waals surface area contributed by atoms with Gasteiger partial charge in [0, 0.05) is 11.9 Å². The van der Waals surface area contributed by atoms with E-state index in [2.05, 4.69) is 9.97 Å². The fraction of sp³-hybridized carbons (Fsp3) is 0.0588. The monoisotopic (exact) mass is 368 g/mol. The van der Waals surface area contributed by atoms with Gasteiger partial charge in [-0.15, -0.1) is 0 Å². The van der Waals surface area contributed by atoms with Crippen LogP contribution >= 0.6 is 0 Å². The lowest BCUT2D eigenvalue weighted by atomic mass is 9.94. The van der Waals surface area contributed by atoms with Crippen LogP contribution in [0.2, 0.25) is 0 Å². The van der Waals surface area contributed by atoms with Gasteiger partial charge in [0.1, 0.15) is 23.4 Å². The molecule has 0 spiro atoms. The molecule has 1 atom stereocenters. The smallest absolute Gasteiger partial charge is 0.318 e. The molecule has 2 aromatic heterocycles. The van der Waals surface area contributed by atoms with E-state index in [1.165, 1.54) is 24.4 Å². The number of aromatic nitrogens is 2. The molecule has 0 saturated carbocycles. The maximum absolute atomic E-state index is 11.8. The van der Waals surface area contributed by atoms with Crippen molar-refractivity contribution in [2.24, 2.45) is 0 Å². The van der Waals surface area contributed by atoms with E-state index in [9.17, 15) is 30.1 Å². The minimum absolute atomic E-state index is 0.172. The van der Waals surface area contributed by atoms with Gasteiger partial charge in [-0.1, -0.05) is 30.3 Å². The predicted octanol–water partition coefficient (Wildman–Crippen LogP) is 3.11. The van der Waals surface area contributed by atoms with Crippen molar-refractivity contribution in [3.63, 3.8) is 0 Å². The topological polar surface area (TPSA) is 152 Å². The number of rotatable bonds is 6. The van der Waals surface area contributed by atoms with Crippen molar-refractivity contribution in [3.8, 4) is 11.1 Å². The number of nitro groups is 2. The minimum Gasteiger partial charge on any atom is -0.480 e. The number of pyridine rings is 1. The lowest BCUT2D eigenvalue weighted by molar-refractivity contribution is -0.393. The number of benzene rings is 1. The second kappa shape index (κ2) is 7.04. The molecule has 0 radical (unpaired) electrons. The van der Waals surface area contributed by atoms with Crippen molar-refractivity contribution in [2.45, 2.75) is 5.92 Å². The van der Waals surface area contributed by atoms with Gasteiger partial charge in [0.05, 0.1) is 9.85 Å². The van der Waals surface area contributed by atoms with Crippen LogP contribution in [0, 0.1) is 20.2 Å². The third kappa shape index (κ3) is 3.23. The quantitative estimate of drug-likeness (QED) is 0.500. The van der Waals surface area contributed by atoms with Crippen molar-refractivity contribution in [2.75, 3.05) is 0 Å². The van der Waals surface area contributed by atoms with Gasteiger partial charge in [0.15, 0.2) is 0 Å². The van der Waals surface area contributed by atoms with E-state index < -0.39 is 33.1 Å². The fourth-order valence-electron chi connectivity index (χ4n) is 2.85. The molecule has 0 aliphatic rings. The second-order valence-electron chi connectivity index (χ2n) is 5.53. The Bertz CT molecular complexity index is 1020. The van der Waals surface area contributed by atoms with Crippen LogP contribution < -0.4 is 0 Å². The molecule has 0 bridgehead atoms. The highest BCUT2D eigenvalue weighted by Gasteiger charge is 2.38. The summed E-state index contributed by atoms with van der Waals surface area (Å²) in [6.07, 6.45) is 2.32. The second-order valence-corrected chi connectivity index (χ2v) is 5.53. The molecule has 3 rings (SSSR count). The fourth-order valence-corrected chi connectivity index (χ4v) is 2.85. The summed E-state index contributed by atoms with van der Waals surface area (Å²) in [6.45, 7) is 0. The molecule has 27 heavy (non-hydrogen) atoms. The summed E-state index contributed by atoms with van der Waals surface area (Å²) in [6, 6.07) is 10.7. The van der Waals surface area contributed by atoms with E-state index in [0.29, 0.717) is 0 Å². The Kier molecular flexibility index (Phi) is 4.62. The molecular formula is C17H12N4O6. The molecule has 3 aromatic rings. The highest BCUT2D eigenvalue weighted by atomic mass is 16.6. The van der Waals surface area contributed by atoms with Gasteiger partial charge in [-0.3, -0.25) is 25.0 Å². The van der Waals surface area contributed by atoms with Crippen LogP contribution in [0.25, 0.3) is 11.1 Å². The van der Waals surface area contributed by atoms with Gasteiger partial charge in [0.2, 0.25) is 0 Å². The zero-order valence-electron chi connectivity index (χ0n) is 13.6. The number of hydrogen-bond acceptors (Lipinski definition) is 6. The van der Waals surface area contributed by atoms with Crippen LogP contribution in [0.15, 0.2) is 54.9 Å². The summed E-state index contributed by atoms with van der Waals surface area (Å²) < 4.78 is 0. The third-order valence-corrected chi connectivity index (χ3v) is 3.96. The number of aromatic amines is 1. The number of H-pyrrole nitrogens is 1. The normalized spacial score (nSPS) is 11.7. The number of nitrogens with one attached hydrogen (secondary N) is 1. The summed E-state index contributed by atoms with van der Waals surface area (Å²) in [5.74, 6) is -2.86. The summed E-state index contributed by atoms with van der Waals surface area (Å²) in [7, 11) is 0. The Hall–Kier alpha value is -4.08. The van der Waals surface area contributed by atoms with E-state index in [1.807, 2.05) is 0 Å². The first-order valence-electron chi connectivity index (χ1n) is 7.65. The Morgan fingerprint density at radius 1 is 1.07 bits per heavy atom. The van der Waals surface area contributed by atoms with Crippen molar-refractivity contribution in [3.05, 3.63) is 86.5 Å². The highest BCUT2D eigenvalue weighted by molar-refractivity contribution is 5.87. The number of carboxylic acid groups (broad SMARTS) is 1. The molecule has 0 aliphatic carbocycles. The molecule has 0 aliphatic heterocycles. The van der Waals surface area contributed by atoms with E-state index in [4.69, 9.17) is 0 Å². The molecule has 0 saturated heterocycles. The molecular weight excluding hydrogens is 356 g/mol. The summed E-state index contributed by atoms with van der Waals surface area (Å²) in [5.41, 5.74) is -1.57. The summed E-state index contributed by atoms with van der Waals surface area (Å²) >= 11 is 0. The van der Waals surface area contributed by atoms with E-state index in [1.54, 1.807) is 24.3 Å². The van der Waals surface area contributed by atoms with E-state index in [0.717, 1.165) is 6.20 Å². The van der Waals surface area contributed by atoms with Gasteiger partial charge < -0.3 is 10.1 Å². The molecule has 10 heteroatoms. The maximum atomic E-state index is 11.8. The van der Waals surface area contributed by atoms with Crippen LogP contribution in [0.5, 0.6) is 0 Å². The van der Waals surface area contributed by atoms with Gasteiger partial charge >= 0.3 is 17.3 Å². The van der Waals surface area contributed by atoms with Gasteiger partial charge in [0.25, 0.3) is 0 Å². The molecule has 1 aromatic carbocycles. The van der Waals surface area contributed by atoms with E-state index in [-0.39, 0.29) is 22.5 Å². The predicted molar refractivity (Wildman–Crippen MR) is 93.3 cm³/mol. The first-order valence-corrected chi connectivity index (χ1v) is 7.65. The first-order chi connectivity index (χ1) is 12.9. The summed E-state index contributed by atoms with van der Waals surface area (Å²) in [5, 5.41) is 32.9. The van der Waals surface area contributed by atoms with Gasteiger partial charge in [-0.25, -0.2) is 4.98 Å². The molecule has 2 heterocycles.